The van der Waals surface area contributed by atoms with Gasteiger partial charge in [0.25, 0.3) is 11.8 Å². The minimum Gasteiger partial charge on any atom is -0.493 e. The number of amides is 3. The van der Waals surface area contributed by atoms with Gasteiger partial charge in [-0.3, -0.25) is 24.2 Å². The Morgan fingerprint density at radius 2 is 1.62 bits per heavy atom. The first kappa shape index (κ1) is 33.9. The maximum Gasteiger partial charge on any atom is 0.264 e. The van der Waals surface area contributed by atoms with Crippen LogP contribution in [0.5, 0.6) is 11.5 Å². The summed E-state index contributed by atoms with van der Waals surface area (Å²) in [7, 11) is 3.13. The van der Waals surface area contributed by atoms with E-state index in [1.807, 2.05) is 37.3 Å². The van der Waals surface area contributed by atoms with Crippen molar-refractivity contribution < 1.29 is 28.6 Å². The molecule has 2 atom stereocenters. The zero-order chi connectivity index (χ0) is 33.3. The topological polar surface area (TPSA) is 101 Å². The summed E-state index contributed by atoms with van der Waals surface area (Å²) in [6.07, 6.45) is 1.30. The molecule has 0 aromatic heterocycles. The minimum absolute atomic E-state index is 0.0928. The van der Waals surface area contributed by atoms with Crippen molar-refractivity contribution in [3.63, 3.8) is 0 Å². The third-order valence-electron chi connectivity index (χ3n) is 9.17. The molecule has 2 heterocycles. The van der Waals surface area contributed by atoms with Crippen molar-refractivity contribution in [3.05, 3.63) is 89.0 Å². The Morgan fingerprint density at radius 3 is 2.32 bits per heavy atom. The van der Waals surface area contributed by atoms with Crippen LogP contribution >= 0.6 is 0 Å². The molecule has 3 aromatic rings. The van der Waals surface area contributed by atoms with Gasteiger partial charge in [-0.15, -0.1) is 0 Å². The lowest BCUT2D eigenvalue weighted by Gasteiger charge is -2.39. The molecule has 3 amide bonds. The maximum absolute atomic E-state index is 14.3. The van der Waals surface area contributed by atoms with Gasteiger partial charge < -0.3 is 24.4 Å². The Balaban J connectivity index is 1.35. The number of carbonyl (C=O) groups excluding carboxylic acids is 3. The molecule has 0 aliphatic carbocycles. The second-order valence-corrected chi connectivity index (χ2v) is 11.9. The molecule has 1 saturated heterocycles. The first-order valence-corrected chi connectivity index (χ1v) is 16.5. The number of anilines is 1. The monoisotopic (exact) mass is 642 g/mol. The van der Waals surface area contributed by atoms with Crippen LogP contribution in [0, 0.1) is 0 Å². The highest BCUT2D eigenvalue weighted by Gasteiger charge is 2.43. The molecule has 0 radical (unpaired) electrons. The van der Waals surface area contributed by atoms with Gasteiger partial charge in [0.15, 0.2) is 11.5 Å². The van der Waals surface area contributed by atoms with Gasteiger partial charge in [-0.25, -0.2) is 0 Å². The molecule has 2 aliphatic rings. The standard InChI is InChI=1S/C37H46N4O6/c1-5-47-24-18-34(42)38-19-10-15-30(28-16-17-32(45-3)33(25-28)46-4)41-36(43)29-13-9-14-31(35(29)37(41)44)40-22-20-39(21-23-40)26(2)27-11-7-6-8-12-27/h6-9,11-14,16-17,25-26,30H,5,10,15,18-24H2,1-4H3,(H,38,42)/t26-,30-/m1/s1. The quantitative estimate of drug-likeness (QED) is 0.177. The number of rotatable bonds is 15. The summed E-state index contributed by atoms with van der Waals surface area (Å²) < 4.78 is 16.3. The van der Waals surface area contributed by atoms with Crippen LogP contribution in [-0.2, 0) is 9.53 Å². The number of nitrogens with zero attached hydrogens (tertiary/aromatic N) is 3. The molecule has 1 fully saturated rings. The lowest BCUT2D eigenvalue weighted by atomic mass is 9.99. The number of imide groups is 1. The van der Waals surface area contributed by atoms with Crippen LogP contribution in [-0.4, -0.2) is 87.7 Å². The third kappa shape index (κ3) is 7.60. The van der Waals surface area contributed by atoms with Gasteiger partial charge in [0.2, 0.25) is 5.91 Å². The Hall–Kier alpha value is -4.41. The van der Waals surface area contributed by atoms with Crippen molar-refractivity contribution in [2.45, 2.75) is 45.2 Å². The number of piperazine rings is 1. The molecule has 2 aliphatic heterocycles. The summed E-state index contributed by atoms with van der Waals surface area (Å²) in [6, 6.07) is 21.2. The molecule has 10 nitrogen and oxygen atoms in total. The lowest BCUT2D eigenvalue weighted by molar-refractivity contribution is -0.122. The van der Waals surface area contributed by atoms with E-state index >= 15 is 0 Å². The molecule has 10 heteroatoms. The van der Waals surface area contributed by atoms with Crippen molar-refractivity contribution in [2.24, 2.45) is 0 Å². The Labute approximate surface area is 277 Å². The van der Waals surface area contributed by atoms with E-state index in [4.69, 9.17) is 14.2 Å². The molecule has 5 rings (SSSR count). The van der Waals surface area contributed by atoms with Crippen molar-refractivity contribution in [1.29, 1.82) is 0 Å². The third-order valence-corrected chi connectivity index (χ3v) is 9.17. The highest BCUT2D eigenvalue weighted by molar-refractivity contribution is 6.24. The number of ether oxygens (including phenoxy) is 3. The first-order valence-electron chi connectivity index (χ1n) is 16.5. The second kappa shape index (κ2) is 15.9. The summed E-state index contributed by atoms with van der Waals surface area (Å²) in [5.74, 6) is 0.357. The molecule has 0 unspecified atom stereocenters. The van der Waals surface area contributed by atoms with Gasteiger partial charge >= 0.3 is 0 Å². The average molecular weight is 643 g/mol. The number of methoxy groups -OCH3 is 2. The lowest BCUT2D eigenvalue weighted by Crippen LogP contribution is -2.47. The zero-order valence-corrected chi connectivity index (χ0v) is 27.9. The minimum atomic E-state index is -0.570. The first-order chi connectivity index (χ1) is 22.9. The fraction of sp³-hybridized carbons (Fsp3) is 0.432. The molecular weight excluding hydrogens is 596 g/mol. The molecule has 3 aromatic carbocycles. The zero-order valence-electron chi connectivity index (χ0n) is 27.9. The van der Waals surface area contributed by atoms with Crippen LogP contribution in [0.3, 0.4) is 0 Å². The van der Waals surface area contributed by atoms with Crippen molar-refractivity contribution in [2.75, 3.05) is 65.1 Å². The van der Waals surface area contributed by atoms with Crippen LogP contribution in [0.25, 0.3) is 0 Å². The van der Waals surface area contributed by atoms with Crippen LogP contribution in [0.2, 0.25) is 0 Å². The normalized spacial score (nSPS) is 16.2. The molecule has 47 heavy (non-hydrogen) atoms. The fourth-order valence-corrected chi connectivity index (χ4v) is 6.55. The largest absolute Gasteiger partial charge is 0.493 e. The molecule has 0 spiro atoms. The van der Waals surface area contributed by atoms with E-state index in [-0.39, 0.29) is 30.2 Å². The Bertz CT molecular complexity index is 1540. The average Bonchev–Trinajstić information content (AvgIpc) is 3.37. The van der Waals surface area contributed by atoms with Gasteiger partial charge in [-0.2, -0.15) is 0 Å². The van der Waals surface area contributed by atoms with Crippen LogP contribution < -0.4 is 19.7 Å². The molecule has 1 N–H and O–H groups in total. The van der Waals surface area contributed by atoms with Gasteiger partial charge in [0.1, 0.15) is 0 Å². The van der Waals surface area contributed by atoms with Crippen LogP contribution in [0.4, 0.5) is 5.69 Å². The fourth-order valence-electron chi connectivity index (χ4n) is 6.55. The number of benzene rings is 3. The smallest absolute Gasteiger partial charge is 0.264 e. The van der Waals surface area contributed by atoms with Gasteiger partial charge in [-0.05, 0) is 62.1 Å². The van der Waals surface area contributed by atoms with Crippen molar-refractivity contribution in [1.82, 2.24) is 15.1 Å². The highest BCUT2D eigenvalue weighted by atomic mass is 16.5. The highest BCUT2D eigenvalue weighted by Crippen LogP contribution is 2.40. The van der Waals surface area contributed by atoms with Crippen LogP contribution in [0.15, 0.2) is 66.7 Å². The Morgan fingerprint density at radius 1 is 0.872 bits per heavy atom. The number of nitrogens with one attached hydrogen (secondary N) is 1. The summed E-state index contributed by atoms with van der Waals surface area (Å²) in [5.41, 5.74) is 3.70. The summed E-state index contributed by atoms with van der Waals surface area (Å²) >= 11 is 0. The van der Waals surface area contributed by atoms with E-state index in [0.29, 0.717) is 55.2 Å². The van der Waals surface area contributed by atoms with E-state index < -0.39 is 6.04 Å². The van der Waals surface area contributed by atoms with Gasteiger partial charge in [-0.1, -0.05) is 42.5 Å². The number of carbonyl (C=O) groups is 3. The predicted molar refractivity (Wildman–Crippen MR) is 181 cm³/mol. The number of fused-ring (bicyclic) bond motifs is 1. The number of hydrogen-bond donors (Lipinski definition) is 1. The van der Waals surface area contributed by atoms with Gasteiger partial charge in [0, 0.05) is 51.8 Å². The van der Waals surface area contributed by atoms with E-state index in [0.717, 1.165) is 37.4 Å². The molecule has 250 valence electrons. The van der Waals surface area contributed by atoms with Gasteiger partial charge in [0.05, 0.1) is 43.7 Å². The van der Waals surface area contributed by atoms with E-state index in [9.17, 15) is 14.4 Å². The van der Waals surface area contributed by atoms with E-state index in [1.165, 1.54) is 10.5 Å². The van der Waals surface area contributed by atoms with E-state index in [1.54, 1.807) is 26.4 Å². The molecule has 0 bridgehead atoms. The summed E-state index contributed by atoms with van der Waals surface area (Å²) in [6.45, 7) is 8.64. The second-order valence-electron chi connectivity index (χ2n) is 11.9. The van der Waals surface area contributed by atoms with E-state index in [2.05, 4.69) is 46.3 Å². The summed E-state index contributed by atoms with van der Waals surface area (Å²) in [4.78, 5) is 46.7. The maximum atomic E-state index is 14.3. The van der Waals surface area contributed by atoms with Crippen LogP contribution in [0.1, 0.15) is 77.0 Å². The summed E-state index contributed by atoms with van der Waals surface area (Å²) in [5, 5.41) is 2.93. The van der Waals surface area contributed by atoms with Crippen molar-refractivity contribution >= 4 is 23.4 Å². The number of hydrogen-bond acceptors (Lipinski definition) is 8. The Kier molecular flexibility index (Phi) is 11.5. The van der Waals surface area contributed by atoms with Crippen molar-refractivity contribution in [3.8, 4) is 11.5 Å². The SMILES string of the molecule is CCOCCC(=O)NCCC[C@H](c1ccc(OC)c(OC)c1)N1C(=O)c2cccc(N3CCN([C@H](C)c4ccccc4)CC3)c2C1=O. The predicted octanol–water partition coefficient (Wildman–Crippen LogP) is 5.25. The molecular formula is C37H46N4O6. The molecule has 0 saturated carbocycles.